The van der Waals surface area contributed by atoms with Crippen LogP contribution >= 0.6 is 0 Å². The van der Waals surface area contributed by atoms with Gasteiger partial charge in [-0.1, -0.05) is 96.8 Å². The third-order valence-electron chi connectivity index (χ3n) is 7.02. The zero-order chi connectivity index (χ0) is 27.1. The van der Waals surface area contributed by atoms with Crippen molar-refractivity contribution in [2.75, 3.05) is 0 Å². The Morgan fingerprint density at radius 2 is 0.829 bits per heavy atom. The van der Waals surface area contributed by atoms with Crippen molar-refractivity contribution in [1.82, 2.24) is 19.9 Å². The summed E-state index contributed by atoms with van der Waals surface area (Å²) in [6.45, 7) is 0. The molecule has 0 fully saturated rings. The molecular weight excluding hydrogens is 544 g/mol. The van der Waals surface area contributed by atoms with Gasteiger partial charge in [-0.25, -0.2) is 9.97 Å². The summed E-state index contributed by atoms with van der Waals surface area (Å²) in [6.07, 6.45) is 19.9. The first-order chi connectivity index (χ1) is 19.7. The number of aromatic nitrogens is 4. The summed E-state index contributed by atoms with van der Waals surface area (Å²) in [6, 6.07) is 28.0. The summed E-state index contributed by atoms with van der Waals surface area (Å²) in [5.41, 5.74) is 10.8. The average Bonchev–Trinajstić information content (AvgIpc) is 3.81. The summed E-state index contributed by atoms with van der Waals surface area (Å²) in [5, 5.41) is 0. The smallest absolute Gasteiger partial charge is 0.656 e. The van der Waals surface area contributed by atoms with Gasteiger partial charge in [0.25, 0.3) is 0 Å². The molecular formula is C36H20FeN4. The van der Waals surface area contributed by atoms with E-state index in [9.17, 15) is 0 Å². The molecule has 0 spiro atoms. The zero-order valence-electron chi connectivity index (χ0n) is 21.7. The Hall–Kier alpha value is -5.32. The second kappa shape index (κ2) is 10.7. The average molecular weight is 564 g/mol. The molecule has 0 atom stereocenters. The van der Waals surface area contributed by atoms with Gasteiger partial charge in [-0.15, -0.1) is 34.9 Å². The van der Waals surface area contributed by atoms with Gasteiger partial charge >= 0.3 is 17.1 Å². The SMILES string of the molecule is C#Cc1c2nc(c(-c3ccccc3)c3ccc([n-]3)c(C#C)c3nc(c(-c4ccccc4)c4ccc1[n-]4)C=C3)C=C2.[Fe+2]. The molecule has 0 amide bonds. The molecule has 0 unspecified atom stereocenters. The normalized spacial score (nSPS) is 11.5. The summed E-state index contributed by atoms with van der Waals surface area (Å²) in [4.78, 5) is 19.9. The summed E-state index contributed by atoms with van der Waals surface area (Å²) in [5.74, 6) is 5.67. The molecule has 3 aromatic heterocycles. The maximum absolute atomic E-state index is 6.05. The number of fused-ring (bicyclic) bond motifs is 8. The van der Waals surface area contributed by atoms with Crippen molar-refractivity contribution in [2.24, 2.45) is 0 Å². The molecule has 41 heavy (non-hydrogen) atoms. The minimum Gasteiger partial charge on any atom is -0.656 e. The number of terminal acetylenes is 2. The van der Waals surface area contributed by atoms with E-state index in [1.165, 1.54) is 0 Å². The van der Waals surface area contributed by atoms with Crippen LogP contribution in [0.1, 0.15) is 33.9 Å². The summed E-state index contributed by atoms with van der Waals surface area (Å²) in [7, 11) is 0. The minimum atomic E-state index is 0. The Labute approximate surface area is 248 Å². The molecule has 7 rings (SSSR count). The monoisotopic (exact) mass is 564 g/mol. The number of hydrogen-bond acceptors (Lipinski definition) is 2. The van der Waals surface area contributed by atoms with Gasteiger partial charge in [0.05, 0.1) is 22.8 Å². The van der Waals surface area contributed by atoms with E-state index in [1.807, 2.05) is 109 Å². The van der Waals surface area contributed by atoms with E-state index in [0.717, 1.165) is 44.7 Å². The molecule has 5 aromatic rings. The second-order valence-corrected chi connectivity index (χ2v) is 9.38. The van der Waals surface area contributed by atoms with E-state index in [0.29, 0.717) is 33.5 Å². The Bertz CT molecular complexity index is 1960. The molecule has 192 valence electrons. The van der Waals surface area contributed by atoms with Crippen molar-refractivity contribution in [3.63, 3.8) is 0 Å². The largest absolute Gasteiger partial charge is 2.00 e. The van der Waals surface area contributed by atoms with Crippen LogP contribution in [0.3, 0.4) is 0 Å². The van der Waals surface area contributed by atoms with E-state index < -0.39 is 0 Å². The Kier molecular flexibility index (Phi) is 6.76. The molecule has 8 bridgehead atoms. The predicted octanol–water partition coefficient (Wildman–Crippen LogP) is 7.21. The van der Waals surface area contributed by atoms with E-state index in [4.69, 9.17) is 32.8 Å². The molecule has 0 radical (unpaired) electrons. The van der Waals surface area contributed by atoms with Gasteiger partial charge in [-0.2, -0.15) is 0 Å². The van der Waals surface area contributed by atoms with Crippen molar-refractivity contribution in [1.29, 1.82) is 0 Å². The standard InChI is InChI=1S/C36H20N4.Fe/c1-3-25-27-15-19-31(37-27)35(23-11-7-5-8-12-23)33-21-17-29(39-33)26(4-2)30-18-22-34(40-30)36(24-13-9-6-10-14-24)32-20-16-28(25)38-32;/h1-2,5-22H;/q-2;+2. The van der Waals surface area contributed by atoms with Crippen LogP contribution in [0.15, 0.2) is 84.9 Å². The molecule has 2 aliphatic heterocycles. The van der Waals surface area contributed by atoms with Crippen LogP contribution < -0.4 is 9.97 Å². The molecule has 4 nitrogen and oxygen atoms in total. The summed E-state index contributed by atoms with van der Waals surface area (Å²) < 4.78 is 0. The van der Waals surface area contributed by atoms with Crippen molar-refractivity contribution in [3.8, 4) is 46.9 Å². The fourth-order valence-electron chi connectivity index (χ4n) is 5.18. The maximum atomic E-state index is 6.05. The van der Waals surface area contributed by atoms with Crippen LogP contribution in [0.5, 0.6) is 0 Å². The van der Waals surface area contributed by atoms with Crippen molar-refractivity contribution in [2.45, 2.75) is 0 Å². The van der Waals surface area contributed by atoms with E-state index in [1.54, 1.807) is 0 Å². The molecule has 2 aliphatic rings. The fraction of sp³-hybridized carbons (Fsp3) is 0. The predicted molar refractivity (Wildman–Crippen MR) is 164 cm³/mol. The molecule has 5 heteroatoms. The molecule has 5 heterocycles. The Balaban J connectivity index is 0.00000302. The van der Waals surface area contributed by atoms with E-state index >= 15 is 0 Å². The van der Waals surface area contributed by atoms with Crippen LogP contribution in [0.2, 0.25) is 0 Å². The molecule has 0 aliphatic carbocycles. The van der Waals surface area contributed by atoms with Gasteiger partial charge in [0, 0.05) is 11.1 Å². The zero-order valence-corrected chi connectivity index (χ0v) is 22.8. The molecule has 0 saturated heterocycles. The van der Waals surface area contributed by atoms with Crippen molar-refractivity contribution < 1.29 is 17.1 Å². The van der Waals surface area contributed by atoms with Crippen LogP contribution in [0, 0.1) is 24.7 Å². The summed E-state index contributed by atoms with van der Waals surface area (Å²) >= 11 is 0. The van der Waals surface area contributed by atoms with Crippen molar-refractivity contribution >= 4 is 46.4 Å². The fourth-order valence-corrected chi connectivity index (χ4v) is 5.18. The quantitative estimate of drug-likeness (QED) is 0.165. The number of rotatable bonds is 2. The van der Waals surface area contributed by atoms with Crippen molar-refractivity contribution in [3.05, 3.63) is 119 Å². The van der Waals surface area contributed by atoms with Gasteiger partial charge in [-0.05, 0) is 46.6 Å². The first kappa shape index (κ1) is 25.9. The van der Waals surface area contributed by atoms with Crippen LogP contribution in [-0.2, 0) is 17.1 Å². The maximum Gasteiger partial charge on any atom is 2.00 e. The van der Waals surface area contributed by atoms with Gasteiger partial charge in [0.1, 0.15) is 0 Å². The minimum absolute atomic E-state index is 0. The van der Waals surface area contributed by atoms with Gasteiger partial charge in [-0.3, -0.25) is 0 Å². The van der Waals surface area contributed by atoms with Crippen LogP contribution in [0.25, 0.3) is 68.6 Å². The molecule has 2 aromatic carbocycles. The molecule has 0 saturated carbocycles. The molecule has 0 N–H and O–H groups in total. The van der Waals surface area contributed by atoms with Gasteiger partial charge in [0.15, 0.2) is 0 Å². The second-order valence-electron chi connectivity index (χ2n) is 9.38. The third kappa shape index (κ3) is 4.50. The van der Waals surface area contributed by atoms with Gasteiger partial charge in [0.2, 0.25) is 0 Å². The van der Waals surface area contributed by atoms with Gasteiger partial charge < -0.3 is 9.97 Å². The van der Waals surface area contributed by atoms with E-state index in [-0.39, 0.29) is 17.1 Å². The van der Waals surface area contributed by atoms with Crippen LogP contribution in [-0.4, -0.2) is 9.97 Å². The van der Waals surface area contributed by atoms with E-state index in [2.05, 4.69) is 11.8 Å². The first-order valence-corrected chi connectivity index (χ1v) is 12.8. The Morgan fingerprint density at radius 1 is 0.463 bits per heavy atom. The first-order valence-electron chi connectivity index (χ1n) is 12.8. The third-order valence-corrected chi connectivity index (χ3v) is 7.02. The Morgan fingerprint density at radius 3 is 1.22 bits per heavy atom. The number of nitrogens with zero attached hydrogens (tertiary/aromatic N) is 4. The number of hydrogen-bond donors (Lipinski definition) is 0. The topological polar surface area (TPSA) is 54.0 Å². The van der Waals surface area contributed by atoms with Crippen LogP contribution in [0.4, 0.5) is 0 Å². The number of benzene rings is 2.